The molecule has 0 saturated heterocycles. The molecule has 170 valence electrons. The van der Waals surface area contributed by atoms with Crippen LogP contribution in [0.4, 0.5) is 11.4 Å². The predicted octanol–water partition coefficient (Wildman–Crippen LogP) is 3.76. The molecule has 0 fully saturated rings. The molecule has 0 aromatic heterocycles. The monoisotopic (exact) mass is 484 g/mol. The van der Waals surface area contributed by atoms with Crippen LogP contribution in [0.2, 0.25) is 5.02 Å². The number of anilines is 2. The third-order valence-electron chi connectivity index (χ3n) is 5.32. The van der Waals surface area contributed by atoms with E-state index in [-0.39, 0.29) is 17.2 Å². The maximum absolute atomic E-state index is 12.9. The predicted molar refractivity (Wildman–Crippen MR) is 128 cm³/mol. The Labute approximate surface area is 196 Å². The summed E-state index contributed by atoms with van der Waals surface area (Å²) < 4.78 is 23.7. The first kappa shape index (κ1) is 22.8. The molecule has 3 aromatic carbocycles. The van der Waals surface area contributed by atoms with E-state index in [0.29, 0.717) is 33.2 Å². The number of primary sulfonamides is 1. The second-order valence-electron chi connectivity index (χ2n) is 7.85. The fourth-order valence-corrected chi connectivity index (χ4v) is 4.37. The average Bonchev–Trinajstić information content (AvgIpc) is 3.19. The Morgan fingerprint density at radius 1 is 1.09 bits per heavy atom. The summed E-state index contributed by atoms with van der Waals surface area (Å²) in [6, 6.07) is 18.3. The quantitative estimate of drug-likeness (QED) is 0.473. The first-order valence-corrected chi connectivity index (χ1v) is 11.8. The molecule has 33 heavy (non-hydrogen) atoms. The lowest BCUT2D eigenvalue weighted by Crippen LogP contribution is -2.40. The van der Waals surface area contributed by atoms with Crippen molar-refractivity contribution >= 4 is 44.6 Å². The molecule has 3 aromatic rings. The fourth-order valence-electron chi connectivity index (χ4n) is 3.49. The van der Waals surface area contributed by atoms with E-state index in [0.717, 1.165) is 5.56 Å². The van der Waals surface area contributed by atoms with Gasteiger partial charge in [-0.25, -0.2) is 13.6 Å². The highest BCUT2D eigenvalue weighted by Gasteiger charge is 2.42. The molecule has 8 nitrogen and oxygen atoms in total. The van der Waals surface area contributed by atoms with Gasteiger partial charge in [-0.05, 0) is 42.8 Å². The Bertz CT molecular complexity index is 1370. The van der Waals surface area contributed by atoms with Crippen molar-refractivity contribution in [2.24, 2.45) is 10.3 Å². The summed E-state index contributed by atoms with van der Waals surface area (Å²) in [5.74, 6) is -0.374. The highest BCUT2D eigenvalue weighted by atomic mass is 35.5. The number of nitrogen functional groups attached to an aromatic ring is 1. The highest BCUT2D eigenvalue weighted by molar-refractivity contribution is 7.89. The third kappa shape index (κ3) is 4.70. The van der Waals surface area contributed by atoms with Crippen molar-refractivity contribution in [3.05, 3.63) is 77.3 Å². The van der Waals surface area contributed by atoms with Crippen LogP contribution in [-0.2, 0) is 19.7 Å². The van der Waals surface area contributed by atoms with Gasteiger partial charge < -0.3 is 15.9 Å². The van der Waals surface area contributed by atoms with Gasteiger partial charge in [-0.1, -0.05) is 53.2 Å². The number of oxime groups is 1. The summed E-state index contributed by atoms with van der Waals surface area (Å²) in [4.78, 5) is 18.4. The van der Waals surface area contributed by atoms with Crippen molar-refractivity contribution in [2.75, 3.05) is 11.1 Å². The smallest absolute Gasteiger partial charge is 0.271 e. The molecule has 1 aliphatic heterocycles. The van der Waals surface area contributed by atoms with E-state index in [9.17, 15) is 13.2 Å². The van der Waals surface area contributed by atoms with Crippen molar-refractivity contribution in [1.82, 2.24) is 0 Å². The van der Waals surface area contributed by atoms with Crippen molar-refractivity contribution in [3.8, 4) is 11.1 Å². The zero-order valence-electron chi connectivity index (χ0n) is 17.6. The summed E-state index contributed by atoms with van der Waals surface area (Å²) >= 11 is 5.97. The molecule has 5 N–H and O–H groups in total. The Kier molecular flexibility index (Phi) is 5.87. The number of halogens is 1. The topological polar surface area (TPSA) is 137 Å². The fraction of sp³-hybridized carbons (Fsp3) is 0.130. The first-order chi connectivity index (χ1) is 15.6. The summed E-state index contributed by atoms with van der Waals surface area (Å²) in [5.41, 5.74) is 8.03. The third-order valence-corrected chi connectivity index (χ3v) is 6.63. The molecular weight excluding hydrogens is 464 g/mol. The summed E-state index contributed by atoms with van der Waals surface area (Å²) in [6.07, 6.45) is 0.250. The zero-order valence-corrected chi connectivity index (χ0v) is 19.2. The van der Waals surface area contributed by atoms with Gasteiger partial charge in [0.25, 0.3) is 5.91 Å². The van der Waals surface area contributed by atoms with Crippen LogP contribution < -0.4 is 16.2 Å². The standard InChI is InChI=1S/C23H21ClN4O4S/c1-23(13-20(28-32-23)15-8-11-18(24)19(25)12-15)22(29)27-16-9-6-14(7-10-16)17-4-2-3-5-21(17)33(26,30)31/h2-12H,13,25H2,1H3,(H,27,29)(H2,26,30,31). The van der Waals surface area contributed by atoms with Crippen LogP contribution in [0.1, 0.15) is 18.9 Å². The van der Waals surface area contributed by atoms with Crippen LogP contribution in [0.5, 0.6) is 0 Å². The molecule has 0 bridgehead atoms. The van der Waals surface area contributed by atoms with E-state index in [4.69, 9.17) is 27.3 Å². The SMILES string of the molecule is CC1(C(=O)Nc2ccc(-c3ccccc3S(N)(=O)=O)cc2)CC(c2ccc(Cl)c(N)c2)=NO1. The van der Waals surface area contributed by atoms with Gasteiger partial charge in [0.05, 0.1) is 21.3 Å². The number of carbonyl (C=O) groups excluding carboxylic acids is 1. The van der Waals surface area contributed by atoms with Gasteiger partial charge in [-0.15, -0.1) is 0 Å². The van der Waals surface area contributed by atoms with Crippen molar-refractivity contribution in [2.45, 2.75) is 23.8 Å². The average molecular weight is 485 g/mol. The maximum atomic E-state index is 12.9. The van der Waals surface area contributed by atoms with Gasteiger partial charge in [0.2, 0.25) is 15.6 Å². The zero-order chi connectivity index (χ0) is 23.8. The minimum Gasteiger partial charge on any atom is -0.398 e. The van der Waals surface area contributed by atoms with Gasteiger partial charge in [0, 0.05) is 23.2 Å². The van der Waals surface area contributed by atoms with Gasteiger partial charge in [-0.3, -0.25) is 4.79 Å². The highest BCUT2D eigenvalue weighted by Crippen LogP contribution is 2.31. The number of nitrogens with zero attached hydrogens (tertiary/aromatic N) is 1. The molecule has 10 heteroatoms. The van der Waals surface area contributed by atoms with Crippen LogP contribution in [0.15, 0.2) is 76.8 Å². The lowest BCUT2D eigenvalue weighted by atomic mass is 9.94. The normalized spacial score (nSPS) is 17.8. The van der Waals surface area contributed by atoms with Crippen molar-refractivity contribution in [1.29, 1.82) is 0 Å². The van der Waals surface area contributed by atoms with Gasteiger partial charge >= 0.3 is 0 Å². The Balaban J connectivity index is 1.48. The molecule has 1 unspecified atom stereocenters. The number of nitrogens with two attached hydrogens (primary N) is 2. The van der Waals surface area contributed by atoms with Crippen LogP contribution in [0.3, 0.4) is 0 Å². The van der Waals surface area contributed by atoms with Crippen molar-refractivity contribution in [3.63, 3.8) is 0 Å². The van der Waals surface area contributed by atoms with E-state index in [1.54, 1.807) is 67.6 Å². The molecule has 0 spiro atoms. The molecule has 4 rings (SSSR count). The Hall–Kier alpha value is -3.40. The van der Waals surface area contributed by atoms with E-state index in [1.807, 2.05) is 0 Å². The van der Waals surface area contributed by atoms with Gasteiger partial charge in [-0.2, -0.15) is 0 Å². The van der Waals surface area contributed by atoms with E-state index < -0.39 is 15.6 Å². The molecule has 0 saturated carbocycles. The number of nitrogens with one attached hydrogen (secondary N) is 1. The minimum atomic E-state index is -3.88. The second kappa shape index (κ2) is 8.51. The summed E-state index contributed by atoms with van der Waals surface area (Å²) in [5, 5.41) is 12.6. The number of sulfonamides is 1. The van der Waals surface area contributed by atoms with E-state index in [2.05, 4.69) is 10.5 Å². The van der Waals surface area contributed by atoms with Gasteiger partial charge in [0.15, 0.2) is 0 Å². The van der Waals surface area contributed by atoms with E-state index in [1.165, 1.54) is 6.07 Å². The number of amides is 1. The number of hydrogen-bond donors (Lipinski definition) is 3. The van der Waals surface area contributed by atoms with Gasteiger partial charge in [0.1, 0.15) is 0 Å². The molecule has 1 amide bonds. The number of rotatable bonds is 5. The van der Waals surface area contributed by atoms with Crippen molar-refractivity contribution < 1.29 is 18.0 Å². The van der Waals surface area contributed by atoms with Crippen LogP contribution in [0.25, 0.3) is 11.1 Å². The van der Waals surface area contributed by atoms with Crippen LogP contribution in [-0.4, -0.2) is 25.6 Å². The van der Waals surface area contributed by atoms with E-state index >= 15 is 0 Å². The first-order valence-electron chi connectivity index (χ1n) is 9.91. The maximum Gasteiger partial charge on any atom is 0.271 e. The number of carbonyl (C=O) groups is 1. The molecular formula is C23H21ClN4O4S. The number of hydrogen-bond acceptors (Lipinski definition) is 6. The Morgan fingerprint density at radius 3 is 2.42 bits per heavy atom. The van der Waals surface area contributed by atoms with Crippen LogP contribution >= 0.6 is 11.6 Å². The lowest BCUT2D eigenvalue weighted by Gasteiger charge is -2.20. The van der Waals surface area contributed by atoms with Crippen LogP contribution in [0, 0.1) is 0 Å². The molecule has 1 heterocycles. The lowest BCUT2D eigenvalue weighted by molar-refractivity contribution is -0.135. The summed E-state index contributed by atoms with van der Waals surface area (Å²) in [6.45, 7) is 1.65. The molecule has 1 aliphatic rings. The molecule has 0 aliphatic carbocycles. The minimum absolute atomic E-state index is 0.0289. The molecule has 1 atom stereocenters. The summed E-state index contributed by atoms with van der Waals surface area (Å²) in [7, 11) is -3.88. The number of benzene rings is 3. The Morgan fingerprint density at radius 2 is 1.76 bits per heavy atom. The second-order valence-corrected chi connectivity index (χ2v) is 9.78. The molecule has 0 radical (unpaired) electrons. The largest absolute Gasteiger partial charge is 0.398 e.